The van der Waals surface area contributed by atoms with E-state index in [1.54, 1.807) is 0 Å². The molecule has 0 fully saturated rings. The van der Waals surface area contributed by atoms with Gasteiger partial charge in [0.2, 0.25) is 0 Å². The fourth-order valence-corrected chi connectivity index (χ4v) is 1.29. The van der Waals surface area contributed by atoms with E-state index in [1.165, 1.54) is 18.6 Å². The second-order valence-corrected chi connectivity index (χ2v) is 4.46. The van der Waals surface area contributed by atoms with Crippen molar-refractivity contribution < 1.29 is 0 Å². The lowest BCUT2D eigenvalue weighted by Crippen LogP contribution is -1.89. The van der Waals surface area contributed by atoms with Gasteiger partial charge < -0.3 is 0 Å². The summed E-state index contributed by atoms with van der Waals surface area (Å²) in [6.07, 6.45) is 4.80. The summed E-state index contributed by atoms with van der Waals surface area (Å²) in [4.78, 5) is 0.703. The van der Waals surface area contributed by atoms with E-state index < -0.39 is 0 Å². The lowest BCUT2D eigenvalue weighted by atomic mass is 10.3. The van der Waals surface area contributed by atoms with Crippen LogP contribution in [0.25, 0.3) is 0 Å². The van der Waals surface area contributed by atoms with Crippen molar-refractivity contribution in [2.75, 3.05) is 12.0 Å². The van der Waals surface area contributed by atoms with Gasteiger partial charge in [-0.25, -0.2) is 0 Å². The molecule has 1 atom stereocenters. The third-order valence-corrected chi connectivity index (χ3v) is 2.11. The van der Waals surface area contributed by atoms with E-state index in [2.05, 4.69) is 29.1 Å². The molecule has 0 saturated heterocycles. The van der Waals surface area contributed by atoms with Gasteiger partial charge in [0.15, 0.2) is 0 Å². The molecule has 0 aromatic heterocycles. The lowest BCUT2D eigenvalue weighted by molar-refractivity contribution is 0.805. The minimum absolute atomic E-state index is 0.703. The van der Waals surface area contributed by atoms with Crippen molar-refractivity contribution in [1.82, 2.24) is 0 Å². The molecule has 1 unspecified atom stereocenters. The Morgan fingerprint density at radius 2 is 2.25 bits per heavy atom. The zero-order valence-electron chi connectivity index (χ0n) is 5.48. The Morgan fingerprint density at radius 1 is 1.62 bits per heavy atom. The molecule has 8 heavy (non-hydrogen) atoms. The highest BCUT2D eigenvalue weighted by atomic mass is 79.9. The molecule has 2 heteroatoms. The molecule has 0 aliphatic heterocycles. The summed E-state index contributed by atoms with van der Waals surface area (Å²) in [6, 6.07) is 0. The van der Waals surface area contributed by atoms with Gasteiger partial charge in [-0.1, -0.05) is 22.9 Å². The highest BCUT2D eigenvalue weighted by molar-refractivity contribution is 9.09. The summed E-state index contributed by atoms with van der Waals surface area (Å²) in [5.41, 5.74) is 0. The van der Waals surface area contributed by atoms with Crippen molar-refractivity contribution in [2.45, 2.75) is 24.6 Å². The largest absolute Gasteiger partial charge is 0.165 e. The van der Waals surface area contributed by atoms with E-state index in [-0.39, 0.29) is 0 Å². The zero-order chi connectivity index (χ0) is 6.41. The van der Waals surface area contributed by atoms with E-state index in [9.17, 15) is 0 Å². The van der Waals surface area contributed by atoms with Crippen LogP contribution in [0.5, 0.6) is 0 Å². The Bertz CT molecular complexity index is 45.8. The number of thioether (sulfide) groups is 1. The summed E-state index contributed by atoms with van der Waals surface area (Å²) >= 11 is 5.42. The molecule has 0 nitrogen and oxygen atoms in total. The Kier molecular flexibility index (Phi) is 6.58. The maximum atomic E-state index is 3.50. The summed E-state index contributed by atoms with van der Waals surface area (Å²) in [5, 5.41) is 0. The molecule has 0 N–H and O–H groups in total. The molecule has 50 valence electrons. The van der Waals surface area contributed by atoms with Gasteiger partial charge in [-0.05, 0) is 24.9 Å². The van der Waals surface area contributed by atoms with Crippen LogP contribution in [0.3, 0.4) is 0 Å². The van der Waals surface area contributed by atoms with Crippen molar-refractivity contribution in [3.05, 3.63) is 0 Å². The van der Waals surface area contributed by atoms with Crippen LogP contribution in [0.1, 0.15) is 19.8 Å². The average Bonchev–Trinajstić information content (AvgIpc) is 1.66. The van der Waals surface area contributed by atoms with Gasteiger partial charge in [-0.3, -0.25) is 0 Å². The van der Waals surface area contributed by atoms with Crippen LogP contribution in [0.15, 0.2) is 0 Å². The van der Waals surface area contributed by atoms with Crippen LogP contribution in [0, 0.1) is 0 Å². The van der Waals surface area contributed by atoms with Gasteiger partial charge in [-0.2, -0.15) is 11.8 Å². The third-order valence-electron chi connectivity index (χ3n) is 0.950. The summed E-state index contributed by atoms with van der Waals surface area (Å²) in [7, 11) is 0. The zero-order valence-corrected chi connectivity index (χ0v) is 7.89. The Morgan fingerprint density at radius 3 is 2.62 bits per heavy atom. The fourth-order valence-electron chi connectivity index (χ4n) is 0.509. The lowest BCUT2D eigenvalue weighted by Gasteiger charge is -1.98. The van der Waals surface area contributed by atoms with Gasteiger partial charge in [-0.15, -0.1) is 0 Å². The summed E-state index contributed by atoms with van der Waals surface area (Å²) in [5.74, 6) is 1.30. The van der Waals surface area contributed by atoms with Crippen LogP contribution >= 0.6 is 27.7 Å². The summed E-state index contributed by atoms with van der Waals surface area (Å²) < 4.78 is 0. The van der Waals surface area contributed by atoms with E-state index >= 15 is 0 Å². The highest BCUT2D eigenvalue weighted by Gasteiger charge is 1.92. The second-order valence-electron chi connectivity index (χ2n) is 1.92. The monoisotopic (exact) mass is 196 g/mol. The first-order valence-corrected chi connectivity index (χ1v) is 5.21. The maximum absolute atomic E-state index is 3.50. The standard InChI is InChI=1S/C6H13BrS/c1-6(7)4-3-5-8-2/h6H,3-5H2,1-2H3. The molecule has 0 aliphatic rings. The van der Waals surface area contributed by atoms with E-state index in [0.29, 0.717) is 4.83 Å². The van der Waals surface area contributed by atoms with Crippen molar-refractivity contribution in [3.8, 4) is 0 Å². The van der Waals surface area contributed by atoms with E-state index in [1.807, 2.05) is 11.8 Å². The van der Waals surface area contributed by atoms with Gasteiger partial charge in [0.05, 0.1) is 0 Å². The van der Waals surface area contributed by atoms with Crippen LogP contribution < -0.4 is 0 Å². The predicted octanol–water partition coefficient (Wildman–Crippen LogP) is 2.91. The molecule has 0 aromatic rings. The molecule has 0 saturated carbocycles. The van der Waals surface area contributed by atoms with Crippen LogP contribution in [0.4, 0.5) is 0 Å². The molecule has 0 aromatic carbocycles. The maximum Gasteiger partial charge on any atom is 0.0117 e. The molecule has 0 aliphatic carbocycles. The van der Waals surface area contributed by atoms with Crippen LogP contribution in [-0.4, -0.2) is 16.8 Å². The Hall–Kier alpha value is 0.830. The number of hydrogen-bond donors (Lipinski definition) is 0. The number of hydrogen-bond acceptors (Lipinski definition) is 1. The van der Waals surface area contributed by atoms with Gasteiger partial charge in [0, 0.05) is 4.83 Å². The molecular weight excluding hydrogens is 184 g/mol. The highest BCUT2D eigenvalue weighted by Crippen LogP contribution is 2.08. The van der Waals surface area contributed by atoms with Crippen molar-refractivity contribution in [3.63, 3.8) is 0 Å². The first kappa shape index (κ1) is 8.83. The molecule has 0 heterocycles. The minimum Gasteiger partial charge on any atom is -0.165 e. The first-order chi connectivity index (χ1) is 3.77. The van der Waals surface area contributed by atoms with Crippen molar-refractivity contribution >= 4 is 27.7 Å². The molecule has 0 bridgehead atoms. The molecule has 0 rings (SSSR count). The van der Waals surface area contributed by atoms with Gasteiger partial charge in [0.1, 0.15) is 0 Å². The van der Waals surface area contributed by atoms with Crippen LogP contribution in [-0.2, 0) is 0 Å². The van der Waals surface area contributed by atoms with Gasteiger partial charge in [0.25, 0.3) is 0 Å². The van der Waals surface area contributed by atoms with E-state index in [0.717, 1.165) is 0 Å². The van der Waals surface area contributed by atoms with Gasteiger partial charge >= 0.3 is 0 Å². The minimum atomic E-state index is 0.703. The molecule has 0 spiro atoms. The molecular formula is C6H13BrS. The van der Waals surface area contributed by atoms with Crippen molar-refractivity contribution in [1.29, 1.82) is 0 Å². The fraction of sp³-hybridized carbons (Fsp3) is 1.00. The predicted molar refractivity (Wildman–Crippen MR) is 46.0 cm³/mol. The Balaban J connectivity index is 2.72. The quantitative estimate of drug-likeness (QED) is 0.493. The first-order valence-electron chi connectivity index (χ1n) is 2.90. The SMILES string of the molecule is CSCCCC(C)Br. The molecule has 0 radical (unpaired) electrons. The normalized spacial score (nSPS) is 13.9. The van der Waals surface area contributed by atoms with Crippen LogP contribution in [0.2, 0.25) is 0 Å². The third kappa shape index (κ3) is 6.83. The summed E-state index contributed by atoms with van der Waals surface area (Å²) in [6.45, 7) is 2.19. The molecule has 0 amide bonds. The number of rotatable bonds is 4. The Labute approximate surface area is 64.6 Å². The number of halogens is 1. The second kappa shape index (κ2) is 5.96. The number of alkyl halides is 1. The average molecular weight is 197 g/mol. The smallest absolute Gasteiger partial charge is 0.0117 e. The van der Waals surface area contributed by atoms with Crippen molar-refractivity contribution in [2.24, 2.45) is 0 Å². The topological polar surface area (TPSA) is 0 Å². The van der Waals surface area contributed by atoms with E-state index in [4.69, 9.17) is 0 Å².